The predicted octanol–water partition coefficient (Wildman–Crippen LogP) is 5.61. The third-order valence-corrected chi connectivity index (χ3v) is 4.24. The smallest absolute Gasteiger partial charge is 0.168 e. The second-order valence-corrected chi connectivity index (χ2v) is 6.00. The molecule has 21 heavy (non-hydrogen) atoms. The summed E-state index contributed by atoms with van der Waals surface area (Å²) in [5.74, 6) is -0.380. The van der Waals surface area contributed by atoms with Gasteiger partial charge in [0.15, 0.2) is 5.78 Å². The lowest BCUT2D eigenvalue weighted by Gasteiger charge is -2.14. The summed E-state index contributed by atoms with van der Waals surface area (Å²) in [6.45, 7) is 0. The number of halogens is 4. The van der Waals surface area contributed by atoms with Gasteiger partial charge in [0.1, 0.15) is 0 Å². The van der Waals surface area contributed by atoms with Crippen LogP contribution in [0.2, 0.25) is 20.1 Å². The summed E-state index contributed by atoms with van der Waals surface area (Å²) in [5.41, 5.74) is 0.500. The first kappa shape index (κ1) is 16.6. The van der Waals surface area contributed by atoms with Gasteiger partial charge < -0.3 is 5.11 Å². The Kier molecular flexibility index (Phi) is 5.53. The average Bonchev–Trinajstić information content (AvgIpc) is 2.38. The fourth-order valence-electron chi connectivity index (χ4n) is 1.97. The molecule has 1 N–H and O–H groups in total. The zero-order valence-corrected chi connectivity index (χ0v) is 13.6. The van der Waals surface area contributed by atoms with Crippen LogP contribution < -0.4 is 0 Å². The van der Waals surface area contributed by atoms with Gasteiger partial charge in [-0.2, -0.15) is 0 Å². The van der Waals surface area contributed by atoms with Crippen LogP contribution in [0.15, 0.2) is 36.4 Å². The lowest BCUT2D eigenvalue weighted by atomic mass is 10.00. The van der Waals surface area contributed by atoms with E-state index >= 15 is 0 Å². The van der Waals surface area contributed by atoms with E-state index in [-0.39, 0.29) is 27.8 Å². The Hall–Kier alpha value is -0.770. The van der Waals surface area contributed by atoms with Crippen LogP contribution in [0.25, 0.3) is 0 Å². The van der Waals surface area contributed by atoms with E-state index in [0.717, 1.165) is 0 Å². The fraction of sp³-hybridized carbons (Fsp3) is 0.133. The lowest BCUT2D eigenvalue weighted by Crippen LogP contribution is -2.09. The highest BCUT2D eigenvalue weighted by Crippen LogP contribution is 2.34. The van der Waals surface area contributed by atoms with E-state index in [9.17, 15) is 9.90 Å². The van der Waals surface area contributed by atoms with Crippen molar-refractivity contribution in [2.75, 3.05) is 0 Å². The average molecular weight is 364 g/mol. The van der Waals surface area contributed by atoms with Gasteiger partial charge in [0.25, 0.3) is 0 Å². The highest BCUT2D eigenvalue weighted by Gasteiger charge is 2.22. The quantitative estimate of drug-likeness (QED) is 0.717. The Balaban J connectivity index is 2.28. The first-order valence-electron chi connectivity index (χ1n) is 6.01. The maximum absolute atomic E-state index is 12.3. The zero-order chi connectivity index (χ0) is 15.6. The molecule has 0 radical (unpaired) electrons. The molecule has 1 unspecified atom stereocenters. The summed E-state index contributed by atoms with van der Waals surface area (Å²) in [7, 11) is 0. The van der Waals surface area contributed by atoms with Gasteiger partial charge in [-0.15, -0.1) is 0 Å². The highest BCUT2D eigenvalue weighted by molar-refractivity contribution is 6.40. The first-order chi connectivity index (χ1) is 9.91. The van der Waals surface area contributed by atoms with E-state index in [1.54, 1.807) is 36.4 Å². The van der Waals surface area contributed by atoms with E-state index < -0.39 is 6.10 Å². The Bertz CT molecular complexity index is 645. The van der Waals surface area contributed by atoms with Crippen molar-refractivity contribution in [1.29, 1.82) is 0 Å². The summed E-state index contributed by atoms with van der Waals surface area (Å²) < 4.78 is 0. The molecule has 0 saturated heterocycles. The molecule has 2 aromatic carbocycles. The van der Waals surface area contributed by atoms with Crippen molar-refractivity contribution in [2.24, 2.45) is 0 Å². The summed E-state index contributed by atoms with van der Waals surface area (Å²) >= 11 is 24.0. The van der Waals surface area contributed by atoms with Crippen molar-refractivity contribution in [1.82, 2.24) is 0 Å². The topological polar surface area (TPSA) is 37.3 Å². The molecule has 2 nitrogen and oxygen atoms in total. The second kappa shape index (κ2) is 6.99. The number of carbonyl (C=O) groups is 1. The third-order valence-electron chi connectivity index (χ3n) is 2.95. The van der Waals surface area contributed by atoms with Crippen molar-refractivity contribution >= 4 is 52.2 Å². The molecule has 0 aliphatic rings. The molecule has 0 saturated carbocycles. The molecule has 0 bridgehead atoms. The summed E-state index contributed by atoms with van der Waals surface area (Å²) in [6, 6.07) is 9.62. The van der Waals surface area contributed by atoms with Crippen molar-refractivity contribution in [3.05, 3.63) is 67.6 Å². The fourth-order valence-corrected chi connectivity index (χ4v) is 3.23. The van der Waals surface area contributed by atoms with E-state index in [0.29, 0.717) is 15.6 Å². The Morgan fingerprint density at radius 2 is 1.33 bits per heavy atom. The number of hydrogen-bond acceptors (Lipinski definition) is 2. The van der Waals surface area contributed by atoms with Gasteiger partial charge in [-0.3, -0.25) is 4.79 Å². The molecule has 0 aliphatic carbocycles. The lowest BCUT2D eigenvalue weighted by molar-refractivity contribution is 0.0881. The standard InChI is InChI=1S/C15H10Cl4O2/c16-8-3-1-4-9(17)14(8)12(20)7-13(21)15-10(18)5-2-6-11(15)19/h1-6,12,20H,7H2. The molecule has 0 heterocycles. The van der Waals surface area contributed by atoms with Gasteiger partial charge in [-0.1, -0.05) is 58.5 Å². The normalized spacial score (nSPS) is 12.2. The van der Waals surface area contributed by atoms with Gasteiger partial charge in [0, 0.05) is 22.0 Å². The van der Waals surface area contributed by atoms with Gasteiger partial charge in [0.05, 0.1) is 21.7 Å². The molecule has 1 atom stereocenters. The minimum atomic E-state index is -1.13. The molecule has 6 heteroatoms. The molecule has 110 valence electrons. The Labute approximate surface area is 142 Å². The largest absolute Gasteiger partial charge is 0.388 e. The molecule has 0 aromatic heterocycles. The van der Waals surface area contributed by atoms with Crippen molar-refractivity contribution in [3.63, 3.8) is 0 Å². The summed E-state index contributed by atoms with van der Waals surface area (Å²) in [4.78, 5) is 12.3. The van der Waals surface area contributed by atoms with Crippen molar-refractivity contribution in [3.8, 4) is 0 Å². The van der Waals surface area contributed by atoms with E-state index in [2.05, 4.69) is 0 Å². The van der Waals surface area contributed by atoms with Gasteiger partial charge in [-0.05, 0) is 24.3 Å². The maximum atomic E-state index is 12.3. The van der Waals surface area contributed by atoms with Crippen LogP contribution in [-0.4, -0.2) is 10.9 Å². The monoisotopic (exact) mass is 362 g/mol. The number of aliphatic hydroxyl groups is 1. The number of rotatable bonds is 4. The number of ketones is 1. The van der Waals surface area contributed by atoms with Crippen LogP contribution in [0, 0.1) is 0 Å². The first-order valence-corrected chi connectivity index (χ1v) is 7.52. The second-order valence-electron chi connectivity index (χ2n) is 4.38. The van der Waals surface area contributed by atoms with Crippen LogP contribution in [-0.2, 0) is 0 Å². The molecular formula is C15H10Cl4O2. The molecule has 2 aromatic rings. The van der Waals surface area contributed by atoms with Gasteiger partial charge in [-0.25, -0.2) is 0 Å². The predicted molar refractivity (Wildman–Crippen MR) is 86.8 cm³/mol. The minimum absolute atomic E-state index is 0.183. The summed E-state index contributed by atoms with van der Waals surface area (Å²) in [6.07, 6.45) is -1.35. The van der Waals surface area contributed by atoms with E-state index in [1.807, 2.05) is 0 Å². The SMILES string of the molecule is O=C(CC(O)c1c(Cl)cccc1Cl)c1c(Cl)cccc1Cl. The third kappa shape index (κ3) is 3.71. The summed E-state index contributed by atoms with van der Waals surface area (Å²) in [5, 5.41) is 11.3. The highest BCUT2D eigenvalue weighted by atomic mass is 35.5. The molecule has 0 aliphatic heterocycles. The van der Waals surface area contributed by atoms with Crippen LogP contribution in [0.3, 0.4) is 0 Å². The Morgan fingerprint density at radius 3 is 1.81 bits per heavy atom. The number of carbonyl (C=O) groups excluding carboxylic acids is 1. The molecule has 0 amide bonds. The molecule has 2 rings (SSSR count). The maximum Gasteiger partial charge on any atom is 0.168 e. The number of hydrogen-bond donors (Lipinski definition) is 1. The molecule has 0 fully saturated rings. The van der Waals surface area contributed by atoms with Crippen LogP contribution in [0.5, 0.6) is 0 Å². The molecule has 0 spiro atoms. The van der Waals surface area contributed by atoms with Crippen LogP contribution in [0.1, 0.15) is 28.4 Å². The van der Waals surface area contributed by atoms with Gasteiger partial charge >= 0.3 is 0 Å². The van der Waals surface area contributed by atoms with Gasteiger partial charge in [0.2, 0.25) is 0 Å². The number of benzene rings is 2. The minimum Gasteiger partial charge on any atom is -0.388 e. The Morgan fingerprint density at radius 1 is 0.905 bits per heavy atom. The van der Waals surface area contributed by atoms with Crippen LogP contribution in [0.4, 0.5) is 0 Å². The number of Topliss-reactive ketones (excluding diaryl/α,β-unsaturated/α-hetero) is 1. The van der Waals surface area contributed by atoms with Crippen molar-refractivity contribution in [2.45, 2.75) is 12.5 Å². The van der Waals surface area contributed by atoms with Crippen LogP contribution >= 0.6 is 46.4 Å². The zero-order valence-electron chi connectivity index (χ0n) is 10.6. The number of aliphatic hydroxyl groups excluding tert-OH is 1. The molecular weight excluding hydrogens is 354 g/mol. The van der Waals surface area contributed by atoms with E-state index in [4.69, 9.17) is 46.4 Å². The van der Waals surface area contributed by atoms with Crippen molar-refractivity contribution < 1.29 is 9.90 Å². The van der Waals surface area contributed by atoms with E-state index in [1.165, 1.54) is 0 Å².